The second-order valence-corrected chi connectivity index (χ2v) is 8.43. The van der Waals surface area contributed by atoms with Crippen LogP contribution < -0.4 is 4.90 Å². The molecule has 1 amide bonds. The average molecular weight is 408 g/mol. The third-order valence-electron chi connectivity index (χ3n) is 6.23. The maximum absolute atomic E-state index is 13.4. The molecule has 4 rings (SSSR count). The van der Waals surface area contributed by atoms with Gasteiger partial charge in [0.25, 0.3) is 0 Å². The lowest BCUT2D eigenvalue weighted by Gasteiger charge is -2.36. The summed E-state index contributed by atoms with van der Waals surface area (Å²) in [6, 6.07) is 19.1. The number of carbonyl (C=O) groups excluding carboxylic acids is 1. The van der Waals surface area contributed by atoms with Gasteiger partial charge in [0, 0.05) is 44.5 Å². The molecule has 1 atom stereocenters. The van der Waals surface area contributed by atoms with E-state index in [4.69, 9.17) is 4.74 Å². The normalized spacial score (nSPS) is 18.3. The molecule has 1 saturated heterocycles. The van der Waals surface area contributed by atoms with Crippen LogP contribution in [0.1, 0.15) is 24.5 Å². The minimum Gasteiger partial charge on any atom is -0.379 e. The van der Waals surface area contributed by atoms with E-state index in [2.05, 4.69) is 59.2 Å². The van der Waals surface area contributed by atoms with Gasteiger partial charge in [-0.1, -0.05) is 48.5 Å². The number of aryl methyl sites for hydroxylation is 1. The Morgan fingerprint density at radius 3 is 2.57 bits per heavy atom. The molecule has 1 unspecified atom stereocenters. The summed E-state index contributed by atoms with van der Waals surface area (Å²) >= 11 is 0. The third kappa shape index (κ3) is 5.28. The summed E-state index contributed by atoms with van der Waals surface area (Å²) in [5, 5.41) is 0. The van der Waals surface area contributed by atoms with Gasteiger partial charge >= 0.3 is 0 Å². The van der Waals surface area contributed by atoms with E-state index in [-0.39, 0.29) is 11.9 Å². The molecule has 5 heteroatoms. The highest BCUT2D eigenvalue weighted by Gasteiger charge is 2.26. The van der Waals surface area contributed by atoms with Crippen molar-refractivity contribution in [3.8, 4) is 0 Å². The zero-order chi connectivity index (χ0) is 20.8. The molecular formula is C25H33N3O2. The van der Waals surface area contributed by atoms with Gasteiger partial charge in [-0.15, -0.1) is 0 Å². The van der Waals surface area contributed by atoms with Gasteiger partial charge in [0.05, 0.1) is 19.8 Å². The SMILES string of the molecule is CC(CN1CCOCC1)N(CC(=O)N1CCCc2ccccc21)Cc1ccccc1. The lowest BCUT2D eigenvalue weighted by molar-refractivity contribution is -0.120. The summed E-state index contributed by atoms with van der Waals surface area (Å²) in [6.45, 7) is 8.78. The Bertz CT molecular complexity index is 820. The maximum atomic E-state index is 13.4. The molecule has 2 aliphatic heterocycles. The monoisotopic (exact) mass is 407 g/mol. The van der Waals surface area contributed by atoms with E-state index in [1.165, 1.54) is 11.1 Å². The number of rotatable bonds is 7. The Kier molecular flexibility index (Phi) is 7.16. The Balaban J connectivity index is 1.48. The number of hydrogen-bond donors (Lipinski definition) is 0. The van der Waals surface area contributed by atoms with E-state index in [0.717, 1.165) is 64.5 Å². The molecule has 30 heavy (non-hydrogen) atoms. The van der Waals surface area contributed by atoms with E-state index < -0.39 is 0 Å². The highest BCUT2D eigenvalue weighted by molar-refractivity contribution is 5.96. The van der Waals surface area contributed by atoms with Gasteiger partial charge in [0.1, 0.15) is 0 Å². The first kappa shape index (κ1) is 21.0. The van der Waals surface area contributed by atoms with Gasteiger partial charge in [0.2, 0.25) is 5.91 Å². The Hall–Kier alpha value is -2.21. The van der Waals surface area contributed by atoms with Crippen LogP contribution in [-0.4, -0.2) is 67.7 Å². The van der Waals surface area contributed by atoms with Gasteiger partial charge in [0.15, 0.2) is 0 Å². The first-order chi connectivity index (χ1) is 14.7. The van der Waals surface area contributed by atoms with Crippen molar-refractivity contribution in [1.82, 2.24) is 9.80 Å². The van der Waals surface area contributed by atoms with E-state index in [1.54, 1.807) is 0 Å². The summed E-state index contributed by atoms with van der Waals surface area (Å²) in [6.07, 6.45) is 2.09. The fraction of sp³-hybridized carbons (Fsp3) is 0.480. The predicted molar refractivity (Wildman–Crippen MR) is 121 cm³/mol. The molecule has 0 radical (unpaired) electrons. The van der Waals surface area contributed by atoms with E-state index in [9.17, 15) is 4.79 Å². The number of amides is 1. The molecule has 160 valence electrons. The topological polar surface area (TPSA) is 36.0 Å². The lowest BCUT2D eigenvalue weighted by atomic mass is 10.0. The van der Waals surface area contributed by atoms with Crippen LogP contribution in [0.25, 0.3) is 0 Å². The third-order valence-corrected chi connectivity index (χ3v) is 6.23. The van der Waals surface area contributed by atoms with Crippen LogP contribution in [-0.2, 0) is 22.5 Å². The molecule has 0 aromatic heterocycles. The van der Waals surface area contributed by atoms with Gasteiger partial charge in [-0.25, -0.2) is 0 Å². The molecule has 5 nitrogen and oxygen atoms in total. The van der Waals surface area contributed by atoms with Gasteiger partial charge in [-0.2, -0.15) is 0 Å². The minimum absolute atomic E-state index is 0.201. The van der Waals surface area contributed by atoms with Gasteiger partial charge < -0.3 is 9.64 Å². The van der Waals surface area contributed by atoms with E-state index in [1.807, 2.05) is 17.0 Å². The number of nitrogens with zero attached hydrogens (tertiary/aromatic N) is 3. The van der Waals surface area contributed by atoms with Crippen molar-refractivity contribution >= 4 is 11.6 Å². The fourth-order valence-electron chi connectivity index (χ4n) is 4.51. The molecule has 2 aliphatic rings. The van der Waals surface area contributed by atoms with Crippen LogP contribution >= 0.6 is 0 Å². The van der Waals surface area contributed by atoms with Crippen molar-refractivity contribution in [2.75, 3.05) is 50.8 Å². The van der Waals surface area contributed by atoms with Crippen LogP contribution in [0.5, 0.6) is 0 Å². The van der Waals surface area contributed by atoms with Crippen molar-refractivity contribution in [2.45, 2.75) is 32.4 Å². The maximum Gasteiger partial charge on any atom is 0.241 e. The van der Waals surface area contributed by atoms with Crippen LogP contribution in [0.2, 0.25) is 0 Å². The molecule has 1 fully saturated rings. The van der Waals surface area contributed by atoms with E-state index in [0.29, 0.717) is 6.54 Å². The standard InChI is InChI=1S/C25H33N3O2/c1-21(18-26-14-16-30-17-15-26)27(19-22-8-3-2-4-9-22)20-25(29)28-13-7-11-23-10-5-6-12-24(23)28/h2-6,8-10,12,21H,7,11,13-20H2,1H3. The smallest absolute Gasteiger partial charge is 0.241 e. The van der Waals surface area contributed by atoms with Gasteiger partial charge in [-0.3, -0.25) is 14.6 Å². The molecule has 0 aliphatic carbocycles. The van der Waals surface area contributed by atoms with E-state index >= 15 is 0 Å². The number of para-hydroxylation sites is 1. The average Bonchev–Trinajstić information content (AvgIpc) is 2.79. The summed E-state index contributed by atoms with van der Waals surface area (Å²) in [5.74, 6) is 0.201. The highest BCUT2D eigenvalue weighted by Crippen LogP contribution is 2.27. The molecule has 2 aromatic carbocycles. The first-order valence-electron chi connectivity index (χ1n) is 11.2. The number of anilines is 1. The molecule has 0 saturated carbocycles. The zero-order valence-corrected chi connectivity index (χ0v) is 18.0. The number of fused-ring (bicyclic) bond motifs is 1. The minimum atomic E-state index is 0.201. The number of morpholine rings is 1. The van der Waals surface area contributed by atoms with Crippen LogP contribution in [0.4, 0.5) is 5.69 Å². The number of benzene rings is 2. The lowest BCUT2D eigenvalue weighted by Crippen LogP contribution is -2.49. The molecule has 0 bridgehead atoms. The summed E-state index contributed by atoms with van der Waals surface area (Å²) in [4.78, 5) is 20.2. The number of ether oxygens (including phenoxy) is 1. The number of hydrogen-bond acceptors (Lipinski definition) is 4. The molecule has 0 spiro atoms. The Morgan fingerprint density at radius 1 is 1.03 bits per heavy atom. The summed E-state index contributed by atoms with van der Waals surface area (Å²) in [5.41, 5.74) is 3.63. The van der Waals surface area contributed by atoms with Crippen LogP contribution in [0, 0.1) is 0 Å². The van der Waals surface area contributed by atoms with Crippen molar-refractivity contribution in [3.63, 3.8) is 0 Å². The number of carbonyl (C=O) groups is 1. The van der Waals surface area contributed by atoms with Crippen molar-refractivity contribution in [1.29, 1.82) is 0 Å². The van der Waals surface area contributed by atoms with Crippen molar-refractivity contribution < 1.29 is 9.53 Å². The molecule has 0 N–H and O–H groups in total. The van der Waals surface area contributed by atoms with Crippen molar-refractivity contribution in [2.24, 2.45) is 0 Å². The summed E-state index contributed by atoms with van der Waals surface area (Å²) in [7, 11) is 0. The Morgan fingerprint density at radius 2 is 1.77 bits per heavy atom. The van der Waals surface area contributed by atoms with Gasteiger partial charge in [-0.05, 0) is 37.0 Å². The first-order valence-corrected chi connectivity index (χ1v) is 11.2. The Labute approximate surface area is 180 Å². The quantitative estimate of drug-likeness (QED) is 0.706. The zero-order valence-electron chi connectivity index (χ0n) is 18.0. The van der Waals surface area contributed by atoms with Crippen molar-refractivity contribution in [3.05, 3.63) is 65.7 Å². The molecule has 2 aromatic rings. The second kappa shape index (κ2) is 10.2. The summed E-state index contributed by atoms with van der Waals surface area (Å²) < 4.78 is 5.50. The fourth-order valence-corrected chi connectivity index (χ4v) is 4.51. The van der Waals surface area contributed by atoms with Crippen LogP contribution in [0.3, 0.4) is 0 Å². The molecular weight excluding hydrogens is 374 g/mol. The molecule has 2 heterocycles. The predicted octanol–water partition coefficient (Wildman–Crippen LogP) is 3.19. The highest BCUT2D eigenvalue weighted by atomic mass is 16.5. The van der Waals surface area contributed by atoms with Crippen LogP contribution in [0.15, 0.2) is 54.6 Å². The second-order valence-electron chi connectivity index (χ2n) is 8.43. The largest absolute Gasteiger partial charge is 0.379 e.